The monoisotopic (exact) mass is 327 g/mol. The van der Waals surface area contributed by atoms with Gasteiger partial charge in [-0.15, -0.1) is 0 Å². The van der Waals surface area contributed by atoms with Crippen LogP contribution in [0.2, 0.25) is 0 Å². The predicted octanol–water partition coefficient (Wildman–Crippen LogP) is 3.26. The van der Waals surface area contributed by atoms with Gasteiger partial charge in [-0.25, -0.2) is 4.99 Å². The van der Waals surface area contributed by atoms with E-state index in [1.165, 1.54) is 11.1 Å². The van der Waals surface area contributed by atoms with Gasteiger partial charge in [-0.2, -0.15) is 0 Å². The average molecular weight is 327 g/mol. The van der Waals surface area contributed by atoms with E-state index in [0.717, 1.165) is 17.0 Å². The molecule has 2 aromatic carbocycles. The molecule has 0 heterocycles. The molecule has 0 aliphatic carbocycles. The van der Waals surface area contributed by atoms with E-state index < -0.39 is 0 Å². The number of benzene rings is 2. The number of hydrogen-bond acceptors (Lipinski definition) is 3. The average Bonchev–Trinajstić information content (AvgIpc) is 2.58. The lowest BCUT2D eigenvalue weighted by Gasteiger charge is -2.08. The molecule has 2 rings (SSSR count). The number of rotatable bonds is 7. The number of nitrogens with two attached hydrogens (primary N) is 1. The van der Waals surface area contributed by atoms with Crippen molar-refractivity contribution in [1.29, 1.82) is 0 Å². The van der Waals surface area contributed by atoms with Gasteiger partial charge in [0.25, 0.3) is 0 Å². The van der Waals surface area contributed by atoms with Crippen molar-refractivity contribution in [2.24, 2.45) is 10.7 Å². The van der Waals surface area contributed by atoms with E-state index in [4.69, 9.17) is 15.2 Å². The molecule has 0 bridgehead atoms. The van der Waals surface area contributed by atoms with Gasteiger partial charge in [0.1, 0.15) is 12.4 Å². The molecule has 0 atom stereocenters. The first-order chi connectivity index (χ1) is 11.6. The van der Waals surface area contributed by atoms with Crippen LogP contribution in [0.15, 0.2) is 47.5 Å². The summed E-state index contributed by atoms with van der Waals surface area (Å²) in [4.78, 5) is 4.37. The van der Waals surface area contributed by atoms with Crippen LogP contribution in [0.4, 0.5) is 5.69 Å². The van der Waals surface area contributed by atoms with Crippen LogP contribution in [-0.4, -0.2) is 26.3 Å². The van der Waals surface area contributed by atoms with Gasteiger partial charge in [0.2, 0.25) is 0 Å². The Labute approximate surface area is 143 Å². The number of guanidine groups is 1. The SMILES string of the molecule is COCCOc1ccc(CN=C(N)Nc2ccc(C)c(C)c2)cc1. The first kappa shape index (κ1) is 17.8. The Hall–Kier alpha value is -2.53. The van der Waals surface area contributed by atoms with Crippen molar-refractivity contribution in [3.05, 3.63) is 59.2 Å². The smallest absolute Gasteiger partial charge is 0.193 e. The van der Waals surface area contributed by atoms with Gasteiger partial charge < -0.3 is 20.5 Å². The van der Waals surface area contributed by atoms with Gasteiger partial charge in [0.15, 0.2) is 5.96 Å². The molecule has 0 saturated heterocycles. The van der Waals surface area contributed by atoms with Gasteiger partial charge in [-0.1, -0.05) is 18.2 Å². The summed E-state index contributed by atoms with van der Waals surface area (Å²) in [6.07, 6.45) is 0. The molecule has 5 heteroatoms. The summed E-state index contributed by atoms with van der Waals surface area (Å²) in [5.74, 6) is 1.22. The Kier molecular flexibility index (Phi) is 6.63. The molecule has 0 spiro atoms. The highest BCUT2D eigenvalue weighted by Gasteiger charge is 1.99. The van der Waals surface area contributed by atoms with Crippen molar-refractivity contribution >= 4 is 11.6 Å². The predicted molar refractivity (Wildman–Crippen MR) is 98.7 cm³/mol. The number of nitrogens with one attached hydrogen (secondary N) is 1. The van der Waals surface area contributed by atoms with E-state index in [-0.39, 0.29) is 0 Å². The van der Waals surface area contributed by atoms with Gasteiger partial charge in [-0.3, -0.25) is 0 Å². The van der Waals surface area contributed by atoms with Crippen molar-refractivity contribution in [2.75, 3.05) is 25.6 Å². The highest BCUT2D eigenvalue weighted by atomic mass is 16.5. The number of methoxy groups -OCH3 is 1. The summed E-state index contributed by atoms with van der Waals surface area (Å²) in [5.41, 5.74) is 10.4. The maximum Gasteiger partial charge on any atom is 0.193 e. The molecular formula is C19H25N3O2. The second-order valence-electron chi connectivity index (χ2n) is 5.61. The Morgan fingerprint density at radius 3 is 2.46 bits per heavy atom. The normalized spacial score (nSPS) is 11.4. The standard InChI is InChI=1S/C19H25N3O2/c1-14-4-7-17(12-15(14)2)22-19(20)21-13-16-5-8-18(9-6-16)24-11-10-23-3/h4-9,12H,10-11,13H2,1-3H3,(H3,20,21,22). The van der Waals surface area contributed by atoms with E-state index in [9.17, 15) is 0 Å². The Balaban J connectivity index is 1.88. The number of ether oxygens (including phenoxy) is 2. The van der Waals surface area contributed by atoms with Crippen LogP contribution in [0.25, 0.3) is 0 Å². The van der Waals surface area contributed by atoms with Gasteiger partial charge >= 0.3 is 0 Å². The topological polar surface area (TPSA) is 68.9 Å². The van der Waals surface area contributed by atoms with Gasteiger partial charge in [0, 0.05) is 12.8 Å². The summed E-state index contributed by atoms with van der Waals surface area (Å²) in [6, 6.07) is 13.9. The Morgan fingerprint density at radius 1 is 1.04 bits per heavy atom. The first-order valence-electron chi connectivity index (χ1n) is 7.93. The minimum Gasteiger partial charge on any atom is -0.491 e. The summed E-state index contributed by atoms with van der Waals surface area (Å²) in [7, 11) is 1.65. The quantitative estimate of drug-likeness (QED) is 0.465. The fourth-order valence-electron chi connectivity index (χ4n) is 2.12. The molecule has 3 N–H and O–H groups in total. The molecule has 24 heavy (non-hydrogen) atoms. The van der Waals surface area contributed by atoms with Crippen molar-refractivity contribution in [3.63, 3.8) is 0 Å². The second kappa shape index (κ2) is 8.93. The van der Waals surface area contributed by atoms with E-state index in [1.807, 2.05) is 30.3 Å². The minimum atomic E-state index is 0.402. The maximum absolute atomic E-state index is 5.95. The van der Waals surface area contributed by atoms with Crippen LogP contribution >= 0.6 is 0 Å². The lowest BCUT2D eigenvalue weighted by Crippen LogP contribution is -2.22. The van der Waals surface area contributed by atoms with Crippen LogP contribution in [0.3, 0.4) is 0 Å². The van der Waals surface area contributed by atoms with E-state index >= 15 is 0 Å². The molecule has 0 saturated carbocycles. The Morgan fingerprint density at radius 2 is 1.79 bits per heavy atom. The molecule has 128 valence electrons. The number of hydrogen-bond donors (Lipinski definition) is 2. The van der Waals surface area contributed by atoms with E-state index in [1.54, 1.807) is 7.11 Å². The number of aryl methyl sites for hydroxylation is 2. The fraction of sp³-hybridized carbons (Fsp3) is 0.316. The summed E-state index contributed by atoms with van der Waals surface area (Å²) < 4.78 is 10.5. The van der Waals surface area contributed by atoms with Crippen molar-refractivity contribution in [3.8, 4) is 5.75 Å². The lowest BCUT2D eigenvalue weighted by molar-refractivity contribution is 0.146. The summed E-state index contributed by atoms with van der Waals surface area (Å²) in [5, 5.41) is 3.12. The minimum absolute atomic E-state index is 0.402. The number of nitrogens with zero attached hydrogens (tertiary/aromatic N) is 1. The maximum atomic E-state index is 5.95. The molecular weight excluding hydrogens is 302 g/mol. The fourth-order valence-corrected chi connectivity index (χ4v) is 2.12. The summed E-state index contributed by atoms with van der Waals surface area (Å²) >= 11 is 0. The molecule has 2 aromatic rings. The third-order valence-electron chi connectivity index (χ3n) is 3.69. The zero-order valence-electron chi connectivity index (χ0n) is 14.5. The van der Waals surface area contributed by atoms with Crippen LogP contribution in [0, 0.1) is 13.8 Å². The van der Waals surface area contributed by atoms with Crippen LogP contribution in [0.5, 0.6) is 5.75 Å². The second-order valence-corrected chi connectivity index (χ2v) is 5.61. The van der Waals surface area contributed by atoms with E-state index in [2.05, 4.69) is 36.3 Å². The van der Waals surface area contributed by atoms with Crippen molar-refractivity contribution < 1.29 is 9.47 Å². The number of anilines is 1. The molecule has 0 radical (unpaired) electrons. The first-order valence-corrected chi connectivity index (χ1v) is 7.93. The van der Waals surface area contributed by atoms with E-state index in [0.29, 0.717) is 25.7 Å². The summed E-state index contributed by atoms with van der Waals surface area (Å²) in [6.45, 7) is 5.79. The highest BCUT2D eigenvalue weighted by molar-refractivity contribution is 5.92. The van der Waals surface area contributed by atoms with Crippen LogP contribution in [0.1, 0.15) is 16.7 Å². The zero-order chi connectivity index (χ0) is 17.4. The molecule has 0 aliphatic rings. The van der Waals surface area contributed by atoms with Gasteiger partial charge in [0.05, 0.1) is 13.2 Å². The molecule has 0 aliphatic heterocycles. The molecule has 0 fully saturated rings. The zero-order valence-corrected chi connectivity index (χ0v) is 14.5. The highest BCUT2D eigenvalue weighted by Crippen LogP contribution is 2.15. The lowest BCUT2D eigenvalue weighted by atomic mass is 10.1. The molecule has 5 nitrogen and oxygen atoms in total. The third kappa shape index (κ3) is 5.59. The van der Waals surface area contributed by atoms with Gasteiger partial charge in [-0.05, 0) is 54.8 Å². The largest absolute Gasteiger partial charge is 0.491 e. The molecule has 0 aromatic heterocycles. The van der Waals surface area contributed by atoms with Crippen LogP contribution in [-0.2, 0) is 11.3 Å². The van der Waals surface area contributed by atoms with Crippen molar-refractivity contribution in [1.82, 2.24) is 0 Å². The van der Waals surface area contributed by atoms with Crippen molar-refractivity contribution in [2.45, 2.75) is 20.4 Å². The third-order valence-corrected chi connectivity index (χ3v) is 3.69. The number of aliphatic imine (C=N–C) groups is 1. The molecule has 0 amide bonds. The Bertz CT molecular complexity index is 682. The molecule has 0 unspecified atom stereocenters. The van der Waals surface area contributed by atoms with Crippen LogP contribution < -0.4 is 15.8 Å².